The molecule has 1 aliphatic rings. The smallest absolute Gasteiger partial charge is 0.319 e. The number of carbonyl (C=O) groups is 3. The molecule has 1 unspecified atom stereocenters. The zero-order valence-corrected chi connectivity index (χ0v) is 18.9. The number of hydrogen-bond acceptors (Lipinski definition) is 6. The Hall–Kier alpha value is -3.19. The van der Waals surface area contributed by atoms with Gasteiger partial charge in [-0.05, 0) is 48.5 Å². The van der Waals surface area contributed by atoms with Crippen molar-refractivity contribution in [1.82, 2.24) is 5.32 Å². The number of nitrogens with two attached hydrogens (primary N) is 1. The third-order valence-corrected chi connectivity index (χ3v) is 5.61. The number of carbonyl (C=O) groups excluding carboxylic acids is 3. The lowest BCUT2D eigenvalue weighted by Crippen LogP contribution is -2.50. The number of benzene rings is 2. The minimum Gasteiger partial charge on any atom is -0.370 e. The molecule has 0 spiro atoms. The zero-order valence-electron chi connectivity index (χ0n) is 17.3. The van der Waals surface area contributed by atoms with E-state index in [1.54, 1.807) is 41.3 Å². The van der Waals surface area contributed by atoms with Crippen LogP contribution < -0.4 is 26.0 Å². The second-order valence-electron chi connectivity index (χ2n) is 7.12. The number of primary sulfonamides is 1. The number of anilines is 3. The average Bonchev–Trinajstić information content (AvgIpc) is 2.75. The highest BCUT2D eigenvalue weighted by Crippen LogP contribution is 2.20. The molecule has 2 aromatic rings. The Morgan fingerprint density at radius 3 is 2.27 bits per heavy atom. The SMILES string of the molecule is NS(=O)(=O)CC(NC(=O)Nc1ccc(Cl)cc1)C(=O)Nc1ccc(N2CCOCC2=O)cc1. The standard InChI is InChI=1S/C20H22ClN5O6S/c21-13-1-3-15(4-2-13)24-20(29)25-17(12-33(22,30)31)19(28)23-14-5-7-16(8-6-14)26-9-10-32-11-18(26)27/h1-8,17H,9-12H2,(H,23,28)(H2,22,30,31)(H2,24,25,29). The van der Waals surface area contributed by atoms with Crippen molar-refractivity contribution in [2.75, 3.05) is 41.0 Å². The average molecular weight is 496 g/mol. The van der Waals surface area contributed by atoms with Crippen LogP contribution in [0.3, 0.4) is 0 Å². The van der Waals surface area contributed by atoms with Gasteiger partial charge in [0.05, 0.1) is 12.4 Å². The number of amides is 4. The molecule has 1 atom stereocenters. The van der Waals surface area contributed by atoms with Gasteiger partial charge in [0.2, 0.25) is 15.9 Å². The largest absolute Gasteiger partial charge is 0.370 e. The van der Waals surface area contributed by atoms with Gasteiger partial charge in [0.25, 0.3) is 5.91 Å². The van der Waals surface area contributed by atoms with Crippen LogP contribution in [0.1, 0.15) is 0 Å². The highest BCUT2D eigenvalue weighted by atomic mass is 35.5. The minimum atomic E-state index is -4.09. The number of nitrogens with one attached hydrogen (secondary N) is 3. The molecule has 1 aliphatic heterocycles. The first kappa shape index (κ1) is 24.5. The summed E-state index contributed by atoms with van der Waals surface area (Å²) >= 11 is 5.80. The van der Waals surface area contributed by atoms with E-state index in [1.165, 1.54) is 12.1 Å². The first-order chi connectivity index (χ1) is 15.6. The maximum Gasteiger partial charge on any atom is 0.319 e. The summed E-state index contributed by atoms with van der Waals surface area (Å²) in [6, 6.07) is 10.3. The van der Waals surface area contributed by atoms with Gasteiger partial charge in [-0.25, -0.2) is 18.4 Å². The molecular weight excluding hydrogens is 474 g/mol. The van der Waals surface area contributed by atoms with Crippen LogP contribution in [0.15, 0.2) is 48.5 Å². The molecule has 0 radical (unpaired) electrons. The van der Waals surface area contributed by atoms with Gasteiger partial charge in [0.1, 0.15) is 12.6 Å². The molecule has 0 bridgehead atoms. The van der Waals surface area contributed by atoms with Gasteiger partial charge >= 0.3 is 6.03 Å². The minimum absolute atomic E-state index is 0.00250. The molecule has 1 heterocycles. The summed E-state index contributed by atoms with van der Waals surface area (Å²) in [6.45, 7) is 0.828. The van der Waals surface area contributed by atoms with Crippen LogP contribution in [-0.4, -0.2) is 57.8 Å². The van der Waals surface area contributed by atoms with Crippen molar-refractivity contribution in [3.8, 4) is 0 Å². The van der Waals surface area contributed by atoms with Crippen LogP contribution in [0.5, 0.6) is 0 Å². The Balaban J connectivity index is 1.66. The summed E-state index contributed by atoms with van der Waals surface area (Å²) in [5.74, 6) is -1.78. The van der Waals surface area contributed by atoms with E-state index in [9.17, 15) is 22.8 Å². The van der Waals surface area contributed by atoms with Gasteiger partial charge in [-0.3, -0.25) is 9.59 Å². The summed E-state index contributed by atoms with van der Waals surface area (Å²) in [4.78, 5) is 38.5. The fourth-order valence-electron chi connectivity index (χ4n) is 3.02. The van der Waals surface area contributed by atoms with Gasteiger partial charge in [0.15, 0.2) is 0 Å². The molecule has 11 nitrogen and oxygen atoms in total. The maximum absolute atomic E-state index is 12.7. The Labute approximate surface area is 195 Å². The van der Waals surface area contributed by atoms with Gasteiger partial charge < -0.3 is 25.6 Å². The summed E-state index contributed by atoms with van der Waals surface area (Å²) in [6.07, 6.45) is 0. The van der Waals surface area contributed by atoms with Gasteiger partial charge in [0, 0.05) is 28.6 Å². The first-order valence-corrected chi connectivity index (χ1v) is 11.8. The van der Waals surface area contributed by atoms with Crippen molar-refractivity contribution in [1.29, 1.82) is 0 Å². The van der Waals surface area contributed by atoms with Crippen LogP contribution in [-0.2, 0) is 24.3 Å². The van der Waals surface area contributed by atoms with Crippen molar-refractivity contribution in [2.24, 2.45) is 5.14 Å². The third-order valence-electron chi connectivity index (χ3n) is 4.56. The van der Waals surface area contributed by atoms with E-state index < -0.39 is 33.8 Å². The number of nitrogens with zero attached hydrogens (tertiary/aromatic N) is 1. The second kappa shape index (κ2) is 10.6. The number of sulfonamides is 1. The fraction of sp³-hybridized carbons (Fsp3) is 0.250. The molecule has 33 heavy (non-hydrogen) atoms. The Morgan fingerprint density at radius 1 is 1.06 bits per heavy atom. The summed E-state index contributed by atoms with van der Waals surface area (Å²) in [7, 11) is -4.09. The molecule has 1 fully saturated rings. The Kier molecular flexibility index (Phi) is 7.87. The van der Waals surface area contributed by atoms with Crippen LogP contribution in [0.2, 0.25) is 5.02 Å². The van der Waals surface area contributed by atoms with Crippen molar-refractivity contribution < 1.29 is 27.5 Å². The van der Waals surface area contributed by atoms with E-state index in [4.69, 9.17) is 21.5 Å². The number of halogens is 1. The normalized spacial score (nSPS) is 15.0. The fourth-order valence-corrected chi connectivity index (χ4v) is 3.84. The van der Waals surface area contributed by atoms with Gasteiger partial charge in [-0.2, -0.15) is 0 Å². The molecule has 5 N–H and O–H groups in total. The number of rotatable bonds is 7. The van der Waals surface area contributed by atoms with Crippen LogP contribution in [0.25, 0.3) is 0 Å². The summed E-state index contributed by atoms with van der Waals surface area (Å²) in [5, 5.41) is 12.9. The molecule has 4 amide bonds. The van der Waals surface area contributed by atoms with E-state index in [1.807, 2.05) is 0 Å². The maximum atomic E-state index is 12.7. The molecular formula is C20H22ClN5O6S. The second-order valence-corrected chi connectivity index (χ2v) is 9.22. The number of morpholine rings is 1. The molecule has 0 saturated carbocycles. The lowest BCUT2D eigenvalue weighted by atomic mass is 10.2. The third kappa shape index (κ3) is 7.43. The predicted octanol–water partition coefficient (Wildman–Crippen LogP) is 1.12. The zero-order chi connectivity index (χ0) is 24.0. The van der Waals surface area contributed by atoms with E-state index in [2.05, 4.69) is 16.0 Å². The highest BCUT2D eigenvalue weighted by Gasteiger charge is 2.26. The summed E-state index contributed by atoms with van der Waals surface area (Å²) in [5.41, 5.74) is 1.35. The monoisotopic (exact) mass is 495 g/mol. The number of urea groups is 1. The van der Waals surface area contributed by atoms with Crippen LogP contribution >= 0.6 is 11.6 Å². The topological polar surface area (TPSA) is 160 Å². The molecule has 0 aromatic heterocycles. The van der Waals surface area contributed by atoms with E-state index in [0.29, 0.717) is 35.2 Å². The van der Waals surface area contributed by atoms with Crippen molar-refractivity contribution in [2.45, 2.75) is 6.04 Å². The van der Waals surface area contributed by atoms with E-state index >= 15 is 0 Å². The first-order valence-electron chi connectivity index (χ1n) is 9.73. The number of hydrogen-bond donors (Lipinski definition) is 4. The molecule has 0 aliphatic carbocycles. The molecule has 3 rings (SSSR count). The Bertz CT molecular complexity index is 1120. The quantitative estimate of drug-likeness (QED) is 0.450. The van der Waals surface area contributed by atoms with Crippen molar-refractivity contribution in [3.63, 3.8) is 0 Å². The number of ether oxygens (including phenoxy) is 1. The van der Waals surface area contributed by atoms with Crippen molar-refractivity contribution in [3.05, 3.63) is 53.6 Å². The molecule has 13 heteroatoms. The van der Waals surface area contributed by atoms with Gasteiger partial charge in [-0.15, -0.1) is 0 Å². The molecule has 1 saturated heterocycles. The van der Waals surface area contributed by atoms with Gasteiger partial charge in [-0.1, -0.05) is 11.6 Å². The van der Waals surface area contributed by atoms with Crippen molar-refractivity contribution >= 4 is 56.5 Å². The van der Waals surface area contributed by atoms with Crippen LogP contribution in [0.4, 0.5) is 21.9 Å². The molecule has 176 valence electrons. The Morgan fingerprint density at radius 2 is 1.67 bits per heavy atom. The highest BCUT2D eigenvalue weighted by molar-refractivity contribution is 7.89. The lowest BCUT2D eigenvalue weighted by Gasteiger charge is -2.27. The summed E-state index contributed by atoms with van der Waals surface area (Å²) < 4.78 is 28.3. The molecule has 2 aromatic carbocycles. The van der Waals surface area contributed by atoms with E-state index in [-0.39, 0.29) is 12.5 Å². The van der Waals surface area contributed by atoms with E-state index in [0.717, 1.165) is 0 Å². The van der Waals surface area contributed by atoms with Crippen LogP contribution in [0, 0.1) is 0 Å². The lowest BCUT2D eigenvalue weighted by molar-refractivity contribution is -0.125. The predicted molar refractivity (Wildman–Crippen MR) is 124 cm³/mol.